The van der Waals surface area contributed by atoms with E-state index in [4.69, 9.17) is 23.2 Å². The smallest absolute Gasteiger partial charge is 0.204 e. The number of halogens is 2. The summed E-state index contributed by atoms with van der Waals surface area (Å²) in [6.45, 7) is 3.99. The molecule has 21 heavy (non-hydrogen) atoms. The molecule has 2 nitrogen and oxygen atoms in total. The summed E-state index contributed by atoms with van der Waals surface area (Å²) in [5.74, 6) is -0.206. The van der Waals surface area contributed by atoms with Gasteiger partial charge >= 0.3 is 0 Å². The van der Waals surface area contributed by atoms with E-state index in [1.165, 1.54) is 0 Å². The van der Waals surface area contributed by atoms with Gasteiger partial charge in [-0.15, -0.1) is 11.6 Å². The van der Waals surface area contributed by atoms with E-state index in [1.54, 1.807) is 6.07 Å². The third-order valence-corrected chi connectivity index (χ3v) is 4.22. The van der Waals surface area contributed by atoms with Crippen LogP contribution in [0.25, 0.3) is 0 Å². The molecular weight excluding hydrogens is 305 g/mol. The van der Waals surface area contributed by atoms with Crippen LogP contribution in [0.15, 0.2) is 41.4 Å². The van der Waals surface area contributed by atoms with Crippen molar-refractivity contribution in [2.24, 2.45) is 4.99 Å². The van der Waals surface area contributed by atoms with Gasteiger partial charge in [-0.05, 0) is 38.1 Å². The summed E-state index contributed by atoms with van der Waals surface area (Å²) < 4.78 is 0. The Morgan fingerprint density at radius 2 is 1.76 bits per heavy atom. The highest BCUT2D eigenvalue weighted by Crippen LogP contribution is 2.40. The van der Waals surface area contributed by atoms with Crippen molar-refractivity contribution in [2.45, 2.75) is 19.2 Å². The third-order valence-electron chi connectivity index (χ3n) is 3.47. The molecule has 0 saturated carbocycles. The van der Waals surface area contributed by atoms with Crippen molar-refractivity contribution >= 4 is 40.4 Å². The van der Waals surface area contributed by atoms with Crippen molar-refractivity contribution in [1.29, 1.82) is 0 Å². The van der Waals surface area contributed by atoms with Crippen LogP contribution in [0, 0.1) is 13.8 Å². The molecule has 0 aliphatic carbocycles. The van der Waals surface area contributed by atoms with Gasteiger partial charge in [0.25, 0.3) is 0 Å². The number of aliphatic imine (C=N–C) groups is 1. The fourth-order valence-corrected chi connectivity index (χ4v) is 3.29. The Balaban J connectivity index is 2.21. The Labute approximate surface area is 133 Å². The third kappa shape index (κ3) is 2.50. The molecule has 0 radical (unpaired) electrons. The number of Topliss-reactive ketones (excluding diaryl/α,β-unsaturated/α-hetero) is 1. The molecule has 0 saturated heterocycles. The van der Waals surface area contributed by atoms with E-state index < -0.39 is 5.38 Å². The minimum Gasteiger partial charge on any atom is -0.290 e. The Morgan fingerprint density at radius 1 is 1.10 bits per heavy atom. The van der Waals surface area contributed by atoms with Crippen molar-refractivity contribution in [3.05, 3.63) is 63.7 Å². The monoisotopic (exact) mass is 317 g/mol. The molecule has 1 aliphatic heterocycles. The average molecular weight is 318 g/mol. The van der Waals surface area contributed by atoms with E-state index in [0.717, 1.165) is 16.7 Å². The summed E-state index contributed by atoms with van der Waals surface area (Å²) in [7, 11) is 0. The number of fused-ring (bicyclic) bond motifs is 1. The first-order valence-corrected chi connectivity index (χ1v) is 7.43. The van der Waals surface area contributed by atoms with E-state index in [0.29, 0.717) is 22.0 Å². The standard InChI is InChI=1S/C17H13Cl2NO/c1-9-6-10(2)8-11(7-9)16-17(21)15(19)14-12(18)4-3-5-13(14)20-16/h3-8,15H,1-2H3. The molecule has 106 valence electrons. The second-order valence-electron chi connectivity index (χ2n) is 5.24. The number of carbonyl (C=O) groups excluding carboxylic acids is 1. The first-order valence-electron chi connectivity index (χ1n) is 6.61. The SMILES string of the molecule is Cc1cc(C)cc(C2=Nc3cccc(Cl)c3C(Cl)C2=O)c1. The maximum Gasteiger partial charge on any atom is 0.204 e. The zero-order chi connectivity index (χ0) is 15.1. The summed E-state index contributed by atoms with van der Waals surface area (Å²) in [6, 6.07) is 11.3. The molecule has 3 rings (SSSR count). The number of alkyl halides is 1. The van der Waals surface area contributed by atoms with Crippen LogP contribution in [-0.2, 0) is 4.79 Å². The summed E-state index contributed by atoms with van der Waals surface area (Å²) in [5.41, 5.74) is 4.63. The minimum absolute atomic E-state index is 0.206. The second-order valence-corrected chi connectivity index (χ2v) is 6.08. The number of carbonyl (C=O) groups is 1. The number of aryl methyl sites for hydroxylation is 2. The number of nitrogens with zero attached hydrogens (tertiary/aromatic N) is 1. The van der Waals surface area contributed by atoms with E-state index >= 15 is 0 Å². The van der Waals surface area contributed by atoms with E-state index in [9.17, 15) is 4.79 Å². The van der Waals surface area contributed by atoms with E-state index in [2.05, 4.69) is 11.1 Å². The van der Waals surface area contributed by atoms with Crippen LogP contribution in [-0.4, -0.2) is 11.5 Å². The number of ketones is 1. The first-order chi connectivity index (χ1) is 9.97. The van der Waals surface area contributed by atoms with E-state index in [-0.39, 0.29) is 5.78 Å². The fourth-order valence-electron chi connectivity index (χ4n) is 2.62. The summed E-state index contributed by atoms with van der Waals surface area (Å²) in [4.78, 5) is 17.0. The van der Waals surface area contributed by atoms with Gasteiger partial charge in [-0.3, -0.25) is 4.79 Å². The van der Waals surface area contributed by atoms with Gasteiger partial charge < -0.3 is 0 Å². The number of hydrogen-bond donors (Lipinski definition) is 0. The van der Waals surface area contributed by atoms with Crippen LogP contribution in [0.1, 0.15) is 27.6 Å². The van der Waals surface area contributed by atoms with Crippen LogP contribution in [0.3, 0.4) is 0 Å². The summed E-state index contributed by atoms with van der Waals surface area (Å²) in [5, 5.41) is -0.314. The average Bonchev–Trinajstić information content (AvgIpc) is 2.41. The summed E-state index contributed by atoms with van der Waals surface area (Å²) >= 11 is 12.5. The predicted molar refractivity (Wildman–Crippen MR) is 87.2 cm³/mol. The van der Waals surface area contributed by atoms with Crippen LogP contribution in [0.2, 0.25) is 5.02 Å². The van der Waals surface area contributed by atoms with Gasteiger partial charge in [-0.2, -0.15) is 0 Å². The molecule has 0 amide bonds. The van der Waals surface area contributed by atoms with Crippen molar-refractivity contribution in [3.8, 4) is 0 Å². The summed E-state index contributed by atoms with van der Waals surface area (Å²) in [6.07, 6.45) is 0. The zero-order valence-electron chi connectivity index (χ0n) is 11.7. The number of benzene rings is 2. The molecule has 2 aromatic rings. The molecule has 0 fully saturated rings. The van der Waals surface area contributed by atoms with Crippen LogP contribution >= 0.6 is 23.2 Å². The van der Waals surface area contributed by atoms with Crippen LogP contribution in [0.4, 0.5) is 5.69 Å². The lowest BCUT2D eigenvalue weighted by molar-refractivity contribution is -0.112. The lowest BCUT2D eigenvalue weighted by atomic mass is 9.94. The number of rotatable bonds is 1. The highest BCUT2D eigenvalue weighted by Gasteiger charge is 2.32. The second kappa shape index (κ2) is 5.28. The van der Waals surface area contributed by atoms with Gasteiger partial charge in [-0.25, -0.2) is 4.99 Å². The molecule has 0 aromatic heterocycles. The molecule has 4 heteroatoms. The molecular formula is C17H13Cl2NO. The lowest BCUT2D eigenvalue weighted by Crippen LogP contribution is -2.24. The Kier molecular flexibility index (Phi) is 3.60. The maximum atomic E-state index is 12.5. The number of hydrogen-bond acceptors (Lipinski definition) is 2. The van der Waals surface area contributed by atoms with Gasteiger partial charge in [0.1, 0.15) is 11.1 Å². The van der Waals surface area contributed by atoms with Crippen LogP contribution in [0.5, 0.6) is 0 Å². The predicted octanol–water partition coefficient (Wildman–Crippen LogP) is 4.94. The largest absolute Gasteiger partial charge is 0.290 e. The first kappa shape index (κ1) is 14.3. The molecule has 1 unspecified atom stereocenters. The Hall–Kier alpha value is -1.64. The molecule has 0 N–H and O–H groups in total. The lowest BCUT2D eigenvalue weighted by Gasteiger charge is -2.20. The highest BCUT2D eigenvalue weighted by molar-refractivity contribution is 6.56. The normalized spacial score (nSPS) is 17.4. The molecule has 0 spiro atoms. The zero-order valence-corrected chi connectivity index (χ0v) is 13.2. The maximum absolute atomic E-state index is 12.5. The molecule has 2 aromatic carbocycles. The molecule has 0 bridgehead atoms. The molecule has 1 atom stereocenters. The van der Waals surface area contributed by atoms with Gasteiger partial charge in [0.05, 0.1) is 5.69 Å². The Bertz CT molecular complexity index is 760. The Morgan fingerprint density at radius 3 is 2.43 bits per heavy atom. The van der Waals surface area contributed by atoms with Crippen molar-refractivity contribution in [1.82, 2.24) is 0 Å². The van der Waals surface area contributed by atoms with Crippen molar-refractivity contribution in [2.75, 3.05) is 0 Å². The van der Waals surface area contributed by atoms with Crippen molar-refractivity contribution in [3.63, 3.8) is 0 Å². The molecule has 1 heterocycles. The molecule has 1 aliphatic rings. The van der Waals surface area contributed by atoms with Crippen LogP contribution < -0.4 is 0 Å². The minimum atomic E-state index is -0.790. The van der Waals surface area contributed by atoms with Gasteiger partial charge in [0.15, 0.2) is 0 Å². The highest BCUT2D eigenvalue weighted by atomic mass is 35.5. The van der Waals surface area contributed by atoms with Gasteiger partial charge in [0.2, 0.25) is 5.78 Å². The van der Waals surface area contributed by atoms with Gasteiger partial charge in [0, 0.05) is 16.1 Å². The topological polar surface area (TPSA) is 29.4 Å². The van der Waals surface area contributed by atoms with Gasteiger partial charge in [-0.1, -0.05) is 34.9 Å². The fraction of sp³-hybridized carbons (Fsp3) is 0.176. The van der Waals surface area contributed by atoms with Crippen molar-refractivity contribution < 1.29 is 4.79 Å². The van der Waals surface area contributed by atoms with E-state index in [1.807, 2.05) is 38.1 Å². The quantitative estimate of drug-likeness (QED) is 0.685.